The summed E-state index contributed by atoms with van der Waals surface area (Å²) in [5.74, 6) is 1.44. The minimum Gasteiger partial charge on any atom is -0.326 e. The number of aryl methyl sites for hydroxylation is 1. The number of anilines is 1. The summed E-state index contributed by atoms with van der Waals surface area (Å²) in [4.78, 5) is 12.5. The summed E-state index contributed by atoms with van der Waals surface area (Å²) in [5.41, 5.74) is 1.79. The number of benzene rings is 1. The highest BCUT2D eigenvalue weighted by atomic mass is 35.5. The second kappa shape index (κ2) is 9.53. The monoisotopic (exact) mass is 411 g/mol. The quantitative estimate of drug-likeness (QED) is 0.786. The molecule has 2 fully saturated rings. The molecular formula is C19H27Cl2N5O. The van der Waals surface area contributed by atoms with Crippen LogP contribution in [0, 0.1) is 5.92 Å². The predicted molar refractivity (Wildman–Crippen MR) is 112 cm³/mol. The lowest BCUT2D eigenvalue weighted by atomic mass is 9.89. The largest absolute Gasteiger partial charge is 0.326 e. The molecule has 2 bridgehead atoms. The van der Waals surface area contributed by atoms with E-state index >= 15 is 0 Å². The van der Waals surface area contributed by atoms with Crippen LogP contribution in [0.1, 0.15) is 39.0 Å². The SMILES string of the molecule is CCn1cnnc1-c1cccc(NC(=O)CC2CC3CCC(C2)N3)c1.Cl.Cl. The number of aromatic nitrogens is 3. The number of halogens is 2. The van der Waals surface area contributed by atoms with Crippen molar-refractivity contribution in [2.45, 2.75) is 57.7 Å². The first-order chi connectivity index (χ1) is 12.2. The third-order valence-corrected chi connectivity index (χ3v) is 5.41. The van der Waals surface area contributed by atoms with Gasteiger partial charge in [-0.15, -0.1) is 35.0 Å². The Hall–Kier alpha value is -1.63. The van der Waals surface area contributed by atoms with Gasteiger partial charge >= 0.3 is 0 Å². The van der Waals surface area contributed by atoms with Crippen molar-refractivity contribution in [3.63, 3.8) is 0 Å². The van der Waals surface area contributed by atoms with Gasteiger partial charge in [0, 0.05) is 36.3 Å². The molecule has 0 spiro atoms. The minimum absolute atomic E-state index is 0. The molecule has 0 aliphatic carbocycles. The maximum absolute atomic E-state index is 12.5. The number of carbonyl (C=O) groups is 1. The van der Waals surface area contributed by atoms with Crippen LogP contribution in [0.2, 0.25) is 0 Å². The van der Waals surface area contributed by atoms with Gasteiger partial charge in [-0.3, -0.25) is 4.79 Å². The highest BCUT2D eigenvalue weighted by Gasteiger charge is 2.34. The molecule has 1 aromatic carbocycles. The first-order valence-electron chi connectivity index (χ1n) is 9.25. The van der Waals surface area contributed by atoms with Crippen molar-refractivity contribution in [1.29, 1.82) is 0 Å². The molecule has 2 N–H and O–H groups in total. The van der Waals surface area contributed by atoms with Gasteiger partial charge in [0.1, 0.15) is 6.33 Å². The lowest BCUT2D eigenvalue weighted by Crippen LogP contribution is -2.39. The molecule has 2 aliphatic heterocycles. The summed E-state index contributed by atoms with van der Waals surface area (Å²) in [6.45, 7) is 2.88. The molecule has 0 saturated carbocycles. The van der Waals surface area contributed by atoms with E-state index in [9.17, 15) is 4.79 Å². The van der Waals surface area contributed by atoms with Gasteiger partial charge in [0.15, 0.2) is 5.82 Å². The normalized spacial score (nSPS) is 23.2. The minimum atomic E-state index is 0. The van der Waals surface area contributed by atoms with Crippen molar-refractivity contribution in [3.05, 3.63) is 30.6 Å². The van der Waals surface area contributed by atoms with Gasteiger partial charge in [0.25, 0.3) is 0 Å². The van der Waals surface area contributed by atoms with Gasteiger partial charge in [0.2, 0.25) is 5.91 Å². The summed E-state index contributed by atoms with van der Waals surface area (Å²) < 4.78 is 1.99. The standard InChI is InChI=1S/C19H25N5O.2ClH/c1-2-24-12-20-23-19(24)14-4-3-5-15(11-14)22-18(25)10-13-8-16-6-7-17(9-13)21-16;;/h3-5,11-13,16-17,21H,2,6-10H2,1H3,(H,22,25);2*1H. The number of amides is 1. The number of piperidine rings is 1. The Labute approximate surface area is 172 Å². The zero-order valence-corrected chi connectivity index (χ0v) is 17.1. The van der Waals surface area contributed by atoms with Crippen molar-refractivity contribution in [2.24, 2.45) is 5.92 Å². The van der Waals surface area contributed by atoms with Crippen molar-refractivity contribution in [3.8, 4) is 11.4 Å². The van der Waals surface area contributed by atoms with Crippen molar-refractivity contribution in [1.82, 2.24) is 20.1 Å². The van der Waals surface area contributed by atoms with Crippen molar-refractivity contribution >= 4 is 36.4 Å². The highest BCUT2D eigenvalue weighted by Crippen LogP contribution is 2.33. The van der Waals surface area contributed by atoms with E-state index < -0.39 is 0 Å². The van der Waals surface area contributed by atoms with Crippen molar-refractivity contribution < 1.29 is 4.79 Å². The Kier molecular flexibility index (Phi) is 7.65. The maximum atomic E-state index is 12.5. The van der Waals surface area contributed by atoms with E-state index in [2.05, 4.69) is 27.8 Å². The molecule has 2 aromatic rings. The second-order valence-corrected chi connectivity index (χ2v) is 7.25. The number of rotatable bonds is 5. The van der Waals surface area contributed by atoms with Gasteiger partial charge in [-0.1, -0.05) is 12.1 Å². The fourth-order valence-electron chi connectivity index (χ4n) is 4.26. The second-order valence-electron chi connectivity index (χ2n) is 7.25. The fourth-order valence-corrected chi connectivity index (χ4v) is 4.26. The summed E-state index contributed by atoms with van der Waals surface area (Å²) in [6, 6.07) is 9.10. The first kappa shape index (κ1) is 21.7. The number of carbonyl (C=O) groups excluding carboxylic acids is 1. The number of hydrogen-bond donors (Lipinski definition) is 2. The van der Waals surface area contributed by atoms with Crippen LogP contribution in [0.5, 0.6) is 0 Å². The van der Waals surface area contributed by atoms with Crippen LogP contribution in [0.4, 0.5) is 5.69 Å². The number of nitrogens with zero attached hydrogens (tertiary/aromatic N) is 3. The average molecular weight is 412 g/mol. The van der Waals surface area contributed by atoms with E-state index in [1.54, 1.807) is 6.33 Å². The fraction of sp³-hybridized carbons (Fsp3) is 0.526. The average Bonchev–Trinajstić information content (AvgIpc) is 3.21. The molecule has 4 rings (SSSR count). The van der Waals surface area contributed by atoms with E-state index in [1.165, 1.54) is 12.8 Å². The Morgan fingerprint density at radius 3 is 2.70 bits per heavy atom. The lowest BCUT2D eigenvalue weighted by Gasteiger charge is -2.28. The first-order valence-corrected chi connectivity index (χ1v) is 9.25. The van der Waals surface area contributed by atoms with Crippen LogP contribution in [0.25, 0.3) is 11.4 Å². The molecule has 2 unspecified atom stereocenters. The van der Waals surface area contributed by atoms with Crippen LogP contribution in [-0.2, 0) is 11.3 Å². The smallest absolute Gasteiger partial charge is 0.224 e. The summed E-state index contributed by atoms with van der Waals surface area (Å²) in [7, 11) is 0. The summed E-state index contributed by atoms with van der Waals surface area (Å²) in [6.07, 6.45) is 7.13. The molecule has 27 heavy (non-hydrogen) atoms. The predicted octanol–water partition coefficient (Wildman–Crippen LogP) is 3.67. The molecule has 1 aromatic heterocycles. The van der Waals surface area contributed by atoms with Gasteiger partial charge < -0.3 is 15.2 Å². The van der Waals surface area contributed by atoms with Crippen LogP contribution in [-0.4, -0.2) is 32.8 Å². The van der Waals surface area contributed by atoms with Gasteiger partial charge in [-0.05, 0) is 50.7 Å². The zero-order chi connectivity index (χ0) is 17.2. The third kappa shape index (κ3) is 5.00. The molecule has 2 saturated heterocycles. The Balaban J connectivity index is 0.00000131. The van der Waals surface area contributed by atoms with Gasteiger partial charge in [0.05, 0.1) is 0 Å². The van der Waals surface area contributed by atoms with E-state index in [1.807, 2.05) is 28.8 Å². The molecule has 3 heterocycles. The molecule has 1 amide bonds. The van der Waals surface area contributed by atoms with E-state index in [0.29, 0.717) is 24.4 Å². The lowest BCUT2D eigenvalue weighted by molar-refractivity contribution is -0.117. The van der Waals surface area contributed by atoms with E-state index in [0.717, 1.165) is 36.5 Å². The summed E-state index contributed by atoms with van der Waals surface area (Å²) >= 11 is 0. The van der Waals surface area contributed by atoms with Crippen molar-refractivity contribution in [2.75, 3.05) is 5.32 Å². The Morgan fingerprint density at radius 2 is 2.00 bits per heavy atom. The van der Waals surface area contributed by atoms with E-state index in [4.69, 9.17) is 0 Å². The molecule has 8 heteroatoms. The van der Waals surface area contributed by atoms with Gasteiger partial charge in [-0.2, -0.15) is 0 Å². The zero-order valence-electron chi connectivity index (χ0n) is 15.4. The number of hydrogen-bond acceptors (Lipinski definition) is 4. The van der Waals surface area contributed by atoms with Crippen LogP contribution in [0.15, 0.2) is 30.6 Å². The summed E-state index contributed by atoms with van der Waals surface area (Å²) in [5, 5.41) is 14.9. The molecule has 2 atom stereocenters. The van der Waals surface area contributed by atoms with Crippen LogP contribution >= 0.6 is 24.8 Å². The Bertz CT molecular complexity index is 754. The maximum Gasteiger partial charge on any atom is 0.224 e. The number of fused-ring (bicyclic) bond motifs is 2. The van der Waals surface area contributed by atoms with Crippen LogP contribution in [0.3, 0.4) is 0 Å². The molecular weight excluding hydrogens is 385 g/mol. The third-order valence-electron chi connectivity index (χ3n) is 5.41. The van der Waals surface area contributed by atoms with Gasteiger partial charge in [-0.25, -0.2) is 0 Å². The highest BCUT2D eigenvalue weighted by molar-refractivity contribution is 5.91. The Morgan fingerprint density at radius 1 is 1.26 bits per heavy atom. The molecule has 2 aliphatic rings. The number of nitrogens with one attached hydrogen (secondary N) is 2. The topological polar surface area (TPSA) is 71.8 Å². The van der Waals surface area contributed by atoms with E-state index in [-0.39, 0.29) is 30.7 Å². The molecule has 6 nitrogen and oxygen atoms in total. The molecule has 148 valence electrons. The van der Waals surface area contributed by atoms with Crippen LogP contribution < -0.4 is 10.6 Å². The molecule has 0 radical (unpaired) electrons.